The fourth-order valence-electron chi connectivity index (χ4n) is 2.73. The summed E-state index contributed by atoms with van der Waals surface area (Å²) in [6, 6.07) is 17.6. The Kier molecular flexibility index (Phi) is 5.06. The molecule has 122 valence electrons. The van der Waals surface area contributed by atoms with Gasteiger partial charge in [0.2, 0.25) is 0 Å². The number of benzene rings is 2. The molecule has 0 fully saturated rings. The fraction of sp³-hybridized carbons (Fsp3) is 0.200. The maximum atomic E-state index is 11.6. The molecule has 0 atom stereocenters. The van der Waals surface area contributed by atoms with Crippen LogP contribution in [0.3, 0.4) is 0 Å². The number of carbonyl (C=O) groups is 1. The Hall–Kier alpha value is -2.88. The zero-order valence-electron chi connectivity index (χ0n) is 13.6. The van der Waals surface area contributed by atoms with Gasteiger partial charge in [-0.1, -0.05) is 59.8 Å². The summed E-state index contributed by atoms with van der Waals surface area (Å²) < 4.78 is 4.71. The lowest BCUT2D eigenvalue weighted by Gasteiger charge is -2.17. The maximum absolute atomic E-state index is 11.6. The van der Waals surface area contributed by atoms with Crippen LogP contribution in [0.5, 0.6) is 0 Å². The molecular formula is C20H19NO3. The van der Waals surface area contributed by atoms with E-state index in [4.69, 9.17) is 9.57 Å². The van der Waals surface area contributed by atoms with E-state index in [9.17, 15) is 4.79 Å². The molecule has 0 radical (unpaired) electrons. The van der Waals surface area contributed by atoms with Crippen molar-refractivity contribution in [1.82, 2.24) is 0 Å². The molecule has 4 heteroatoms. The van der Waals surface area contributed by atoms with Crippen molar-refractivity contribution in [2.75, 3.05) is 7.11 Å². The molecule has 2 aromatic rings. The summed E-state index contributed by atoms with van der Waals surface area (Å²) in [7, 11) is 1.34. The van der Waals surface area contributed by atoms with Gasteiger partial charge < -0.3 is 9.57 Å². The predicted octanol–water partition coefficient (Wildman–Crippen LogP) is 3.96. The van der Waals surface area contributed by atoms with Gasteiger partial charge in [0.05, 0.1) is 18.9 Å². The topological polar surface area (TPSA) is 47.9 Å². The quantitative estimate of drug-likeness (QED) is 0.371. The van der Waals surface area contributed by atoms with E-state index in [2.05, 4.69) is 17.3 Å². The smallest absolute Gasteiger partial charge is 0.334 e. The zero-order valence-corrected chi connectivity index (χ0v) is 13.6. The average Bonchev–Trinajstić information content (AvgIpc) is 2.65. The molecule has 0 aliphatic heterocycles. The number of methoxy groups -OCH3 is 1. The van der Waals surface area contributed by atoms with Crippen LogP contribution in [0.15, 0.2) is 65.8 Å². The van der Waals surface area contributed by atoms with Gasteiger partial charge in [-0.05, 0) is 24.8 Å². The average molecular weight is 321 g/mol. The molecule has 4 nitrogen and oxygen atoms in total. The minimum absolute atomic E-state index is 0.373. The normalized spacial score (nSPS) is 15.7. The van der Waals surface area contributed by atoms with Crippen molar-refractivity contribution in [3.63, 3.8) is 0 Å². The Bertz CT molecular complexity index is 778. The number of aryl methyl sites for hydroxylation is 1. The van der Waals surface area contributed by atoms with Crippen LogP contribution in [0, 0.1) is 0 Å². The Balaban J connectivity index is 1.89. The lowest BCUT2D eigenvalue weighted by Crippen LogP contribution is -2.12. The first-order chi connectivity index (χ1) is 11.8. The highest BCUT2D eigenvalue weighted by atomic mass is 16.6. The lowest BCUT2D eigenvalue weighted by atomic mass is 9.90. The number of nitrogens with zero attached hydrogens (tertiary/aromatic N) is 1. The first-order valence-corrected chi connectivity index (χ1v) is 7.95. The lowest BCUT2D eigenvalue weighted by molar-refractivity contribution is -0.134. The highest BCUT2D eigenvalue weighted by Gasteiger charge is 2.16. The molecule has 0 amide bonds. The fourth-order valence-corrected chi connectivity index (χ4v) is 2.73. The first kappa shape index (κ1) is 16.0. The van der Waals surface area contributed by atoms with Crippen molar-refractivity contribution in [3.8, 4) is 0 Å². The molecule has 0 N–H and O–H groups in total. The minimum atomic E-state index is -0.474. The Morgan fingerprint density at radius 3 is 2.58 bits per heavy atom. The molecular weight excluding hydrogens is 302 g/mol. The summed E-state index contributed by atoms with van der Waals surface area (Å²) in [4.78, 5) is 17.3. The van der Waals surface area contributed by atoms with E-state index >= 15 is 0 Å². The molecule has 0 saturated carbocycles. The van der Waals surface area contributed by atoms with Gasteiger partial charge in [-0.2, -0.15) is 0 Å². The van der Waals surface area contributed by atoms with Crippen molar-refractivity contribution >= 4 is 17.4 Å². The van der Waals surface area contributed by atoms with E-state index in [0.29, 0.717) is 5.76 Å². The second-order valence-corrected chi connectivity index (χ2v) is 5.54. The van der Waals surface area contributed by atoms with Gasteiger partial charge >= 0.3 is 5.97 Å². The molecule has 0 aromatic heterocycles. The number of esters is 1. The summed E-state index contributed by atoms with van der Waals surface area (Å²) in [5, 5.41) is 4.33. The van der Waals surface area contributed by atoms with Gasteiger partial charge in [-0.25, -0.2) is 4.79 Å². The van der Waals surface area contributed by atoms with Crippen molar-refractivity contribution in [2.45, 2.75) is 19.3 Å². The largest absolute Gasteiger partial charge is 0.466 e. The highest BCUT2D eigenvalue weighted by Crippen LogP contribution is 2.23. The number of oxime groups is 1. The first-order valence-electron chi connectivity index (χ1n) is 7.95. The van der Waals surface area contributed by atoms with Crippen molar-refractivity contribution in [1.29, 1.82) is 0 Å². The number of ether oxygens (including phenoxy) is 1. The molecule has 2 aromatic carbocycles. The standard InChI is InChI=1S/C20H19NO3/c1-23-20(22)14-19(16-9-3-2-4-10-16)24-21-18-13-7-11-15-8-5-6-12-17(15)18/h2-6,8-10,12,14H,7,11,13H2,1H3/b19-14+,21-18-. The second kappa shape index (κ2) is 7.59. The van der Waals surface area contributed by atoms with E-state index in [1.54, 1.807) is 0 Å². The van der Waals surface area contributed by atoms with Gasteiger partial charge in [-0.3, -0.25) is 0 Å². The molecule has 1 aliphatic carbocycles. The van der Waals surface area contributed by atoms with Crippen molar-refractivity contribution in [2.24, 2.45) is 5.16 Å². The summed E-state index contributed by atoms with van der Waals surface area (Å²) >= 11 is 0. The summed E-state index contributed by atoms with van der Waals surface area (Å²) in [6.07, 6.45) is 4.27. The third kappa shape index (κ3) is 3.71. The molecule has 0 unspecified atom stereocenters. The minimum Gasteiger partial charge on any atom is -0.466 e. The highest BCUT2D eigenvalue weighted by molar-refractivity contribution is 6.02. The van der Waals surface area contributed by atoms with E-state index in [-0.39, 0.29) is 0 Å². The van der Waals surface area contributed by atoms with E-state index < -0.39 is 5.97 Å². The molecule has 0 spiro atoms. The van der Waals surface area contributed by atoms with E-state index in [1.807, 2.05) is 42.5 Å². The number of fused-ring (bicyclic) bond motifs is 1. The SMILES string of the molecule is COC(=O)/C=C(/O/N=C1/CCCc2ccccc21)c1ccccc1. The van der Waals surface area contributed by atoms with Gasteiger partial charge in [-0.15, -0.1) is 0 Å². The maximum Gasteiger partial charge on any atom is 0.334 e. The number of carbonyl (C=O) groups excluding carboxylic acids is 1. The van der Waals surface area contributed by atoms with Crippen molar-refractivity contribution < 1.29 is 14.4 Å². The van der Waals surface area contributed by atoms with Crippen LogP contribution in [-0.2, 0) is 20.8 Å². The second-order valence-electron chi connectivity index (χ2n) is 5.54. The Morgan fingerprint density at radius 2 is 1.79 bits per heavy atom. The van der Waals surface area contributed by atoms with Gasteiger partial charge in [0, 0.05) is 11.1 Å². The van der Waals surface area contributed by atoms with Crippen LogP contribution < -0.4 is 0 Å². The third-order valence-corrected chi connectivity index (χ3v) is 3.95. The summed E-state index contributed by atoms with van der Waals surface area (Å²) in [6.45, 7) is 0. The molecule has 1 aliphatic rings. The van der Waals surface area contributed by atoms with Gasteiger partial charge in [0.15, 0.2) is 5.76 Å². The van der Waals surface area contributed by atoms with Crippen LogP contribution >= 0.6 is 0 Å². The summed E-state index contributed by atoms with van der Waals surface area (Å²) in [5.41, 5.74) is 4.08. The van der Waals surface area contributed by atoms with Crippen molar-refractivity contribution in [3.05, 3.63) is 77.4 Å². The zero-order chi connectivity index (χ0) is 16.8. The number of hydrogen-bond donors (Lipinski definition) is 0. The Labute approximate surface area is 141 Å². The van der Waals surface area contributed by atoms with Crippen LogP contribution in [-0.4, -0.2) is 18.8 Å². The Morgan fingerprint density at radius 1 is 1.04 bits per heavy atom. The molecule has 0 saturated heterocycles. The summed E-state index contributed by atoms with van der Waals surface area (Å²) in [5.74, 6) is -0.101. The van der Waals surface area contributed by atoms with Crippen LogP contribution in [0.25, 0.3) is 5.76 Å². The van der Waals surface area contributed by atoms with E-state index in [0.717, 1.165) is 36.1 Å². The predicted molar refractivity (Wildman–Crippen MR) is 93.4 cm³/mol. The number of rotatable bonds is 4. The van der Waals surface area contributed by atoms with Gasteiger partial charge in [0.1, 0.15) is 0 Å². The van der Waals surface area contributed by atoms with Gasteiger partial charge in [0.25, 0.3) is 0 Å². The molecule has 0 bridgehead atoms. The van der Waals surface area contributed by atoms with Crippen LogP contribution in [0.1, 0.15) is 29.5 Å². The van der Waals surface area contributed by atoms with Crippen LogP contribution in [0.2, 0.25) is 0 Å². The third-order valence-electron chi connectivity index (χ3n) is 3.95. The van der Waals surface area contributed by atoms with E-state index in [1.165, 1.54) is 18.7 Å². The van der Waals surface area contributed by atoms with Crippen LogP contribution in [0.4, 0.5) is 0 Å². The monoisotopic (exact) mass is 321 g/mol. The molecule has 3 rings (SSSR count). The number of hydrogen-bond acceptors (Lipinski definition) is 4. The molecule has 0 heterocycles. The molecule has 24 heavy (non-hydrogen) atoms.